The summed E-state index contributed by atoms with van der Waals surface area (Å²) < 4.78 is 0. The van der Waals surface area contributed by atoms with Crippen molar-refractivity contribution in [2.75, 3.05) is 6.54 Å². The van der Waals surface area contributed by atoms with E-state index in [2.05, 4.69) is 5.32 Å². The normalized spacial score (nSPS) is 24.1. The summed E-state index contributed by atoms with van der Waals surface area (Å²) in [4.78, 5) is 37.3. The largest absolute Gasteiger partial charge is 0.325 e. The van der Waals surface area contributed by atoms with Gasteiger partial charge in [0.1, 0.15) is 11.3 Å². The molecule has 3 rings (SSSR count). The third-order valence-corrected chi connectivity index (χ3v) is 4.34. The third kappa shape index (κ3) is 2.13. The maximum Gasteiger partial charge on any atom is 0.325 e. The Bertz CT molecular complexity index is 626. The molecule has 5 nitrogen and oxygen atoms in total. The highest BCUT2D eigenvalue weighted by molar-refractivity contribution is 6.08. The van der Waals surface area contributed by atoms with Gasteiger partial charge in [-0.25, -0.2) is 4.79 Å². The summed E-state index contributed by atoms with van der Waals surface area (Å²) >= 11 is 0. The number of rotatable bonds is 3. The Kier molecular flexibility index (Phi) is 3.27. The minimum absolute atomic E-state index is 0.0272. The van der Waals surface area contributed by atoms with Crippen LogP contribution in [0.5, 0.6) is 0 Å². The quantitative estimate of drug-likeness (QED) is 0.861. The molecule has 0 bridgehead atoms. The highest BCUT2D eigenvalue weighted by Crippen LogP contribution is 2.39. The number of carbonyl (C=O) groups excluding carboxylic acids is 3. The predicted molar refractivity (Wildman–Crippen MR) is 76.6 cm³/mol. The van der Waals surface area contributed by atoms with E-state index in [0.717, 1.165) is 24.0 Å². The number of carbonyl (C=O) groups is 3. The Labute approximate surface area is 123 Å². The van der Waals surface area contributed by atoms with Gasteiger partial charge in [0.15, 0.2) is 0 Å². The second kappa shape index (κ2) is 4.98. The van der Waals surface area contributed by atoms with Crippen LogP contribution in [0.2, 0.25) is 0 Å². The number of hydrogen-bond donors (Lipinski definition) is 1. The van der Waals surface area contributed by atoms with E-state index in [-0.39, 0.29) is 24.7 Å². The number of nitrogens with one attached hydrogen (secondary N) is 1. The number of aryl methyl sites for hydroxylation is 1. The minimum Gasteiger partial charge on any atom is -0.319 e. The van der Waals surface area contributed by atoms with Crippen LogP contribution in [0.25, 0.3) is 0 Å². The van der Waals surface area contributed by atoms with E-state index in [1.165, 1.54) is 11.8 Å². The molecule has 5 heteroatoms. The van der Waals surface area contributed by atoms with E-state index in [9.17, 15) is 14.4 Å². The maximum atomic E-state index is 12.8. The van der Waals surface area contributed by atoms with Gasteiger partial charge >= 0.3 is 6.03 Å². The first-order chi connectivity index (χ1) is 10.0. The molecule has 110 valence electrons. The van der Waals surface area contributed by atoms with Crippen molar-refractivity contribution in [1.29, 1.82) is 0 Å². The van der Waals surface area contributed by atoms with Gasteiger partial charge in [0.2, 0.25) is 0 Å². The Balaban J connectivity index is 1.95. The van der Waals surface area contributed by atoms with Crippen molar-refractivity contribution < 1.29 is 14.4 Å². The van der Waals surface area contributed by atoms with E-state index in [4.69, 9.17) is 0 Å². The molecule has 1 atom stereocenters. The van der Waals surface area contributed by atoms with Crippen LogP contribution >= 0.6 is 0 Å². The number of imide groups is 1. The predicted octanol–water partition coefficient (Wildman–Crippen LogP) is 1.75. The van der Waals surface area contributed by atoms with Crippen molar-refractivity contribution in [3.8, 4) is 0 Å². The van der Waals surface area contributed by atoms with Gasteiger partial charge in [-0.15, -0.1) is 0 Å². The van der Waals surface area contributed by atoms with Gasteiger partial charge in [-0.05, 0) is 37.3 Å². The molecular weight excluding hydrogens is 268 g/mol. The second-order valence-corrected chi connectivity index (χ2v) is 5.75. The maximum absolute atomic E-state index is 12.8. The van der Waals surface area contributed by atoms with Crippen LogP contribution in [-0.4, -0.2) is 29.2 Å². The van der Waals surface area contributed by atoms with Crippen molar-refractivity contribution >= 4 is 17.7 Å². The Morgan fingerprint density at radius 1 is 1.33 bits per heavy atom. The standard InChI is InChI=1S/C16H18N2O3/c1-11(19)8-10-18-14(20)16(17-15(18)21)9-4-6-12-5-2-3-7-13(12)16/h2-3,5,7H,4,6,8-10H2,1H3,(H,17,21)/t16-/m1/s1. The van der Waals surface area contributed by atoms with Gasteiger partial charge in [-0.2, -0.15) is 0 Å². The molecule has 2 aliphatic rings. The van der Waals surface area contributed by atoms with Crippen molar-refractivity contribution in [3.05, 3.63) is 35.4 Å². The summed E-state index contributed by atoms with van der Waals surface area (Å²) in [6, 6.07) is 7.38. The van der Waals surface area contributed by atoms with E-state index < -0.39 is 11.6 Å². The molecule has 1 aliphatic carbocycles. The topological polar surface area (TPSA) is 66.5 Å². The van der Waals surface area contributed by atoms with Crippen LogP contribution < -0.4 is 5.32 Å². The Hall–Kier alpha value is -2.17. The molecule has 1 aromatic rings. The van der Waals surface area contributed by atoms with Crippen LogP contribution in [0.4, 0.5) is 4.79 Å². The monoisotopic (exact) mass is 286 g/mol. The average molecular weight is 286 g/mol. The van der Waals surface area contributed by atoms with Gasteiger partial charge in [0.05, 0.1) is 0 Å². The molecule has 1 fully saturated rings. The lowest BCUT2D eigenvalue weighted by atomic mass is 9.76. The van der Waals surface area contributed by atoms with E-state index in [1.807, 2.05) is 24.3 Å². The first-order valence-electron chi connectivity index (χ1n) is 7.26. The van der Waals surface area contributed by atoms with Crippen molar-refractivity contribution in [2.24, 2.45) is 0 Å². The molecule has 1 spiro atoms. The molecule has 1 aromatic carbocycles. The van der Waals surface area contributed by atoms with Crippen LogP contribution in [0.15, 0.2) is 24.3 Å². The lowest BCUT2D eigenvalue weighted by molar-refractivity contribution is -0.132. The number of urea groups is 1. The lowest BCUT2D eigenvalue weighted by Crippen LogP contribution is -2.46. The highest BCUT2D eigenvalue weighted by Gasteiger charge is 2.53. The summed E-state index contributed by atoms with van der Waals surface area (Å²) in [5.74, 6) is -0.249. The molecular formula is C16H18N2O3. The van der Waals surface area contributed by atoms with Gasteiger partial charge in [0, 0.05) is 13.0 Å². The zero-order valence-electron chi connectivity index (χ0n) is 12.0. The molecule has 21 heavy (non-hydrogen) atoms. The summed E-state index contributed by atoms with van der Waals surface area (Å²) in [6.45, 7) is 1.62. The Morgan fingerprint density at radius 2 is 2.10 bits per heavy atom. The van der Waals surface area contributed by atoms with Crippen LogP contribution in [0.3, 0.4) is 0 Å². The summed E-state index contributed by atoms with van der Waals surface area (Å²) in [6.07, 6.45) is 2.61. The van der Waals surface area contributed by atoms with Gasteiger partial charge in [0.25, 0.3) is 5.91 Å². The van der Waals surface area contributed by atoms with Crippen LogP contribution in [-0.2, 0) is 21.5 Å². The number of amides is 3. The first kappa shape index (κ1) is 13.8. The van der Waals surface area contributed by atoms with E-state index >= 15 is 0 Å². The zero-order chi connectivity index (χ0) is 15.0. The highest BCUT2D eigenvalue weighted by atomic mass is 16.2. The summed E-state index contributed by atoms with van der Waals surface area (Å²) in [5.41, 5.74) is 1.09. The number of benzene rings is 1. The molecule has 0 unspecified atom stereocenters. The fourth-order valence-electron chi connectivity index (χ4n) is 3.28. The SMILES string of the molecule is CC(=O)CCN1C(=O)N[C@@]2(CCCc3ccccc32)C1=O. The number of Topliss-reactive ketones (excluding diaryl/α,β-unsaturated/α-hetero) is 1. The first-order valence-corrected chi connectivity index (χ1v) is 7.26. The molecule has 1 N–H and O–H groups in total. The Morgan fingerprint density at radius 3 is 2.86 bits per heavy atom. The molecule has 1 saturated heterocycles. The number of fused-ring (bicyclic) bond motifs is 2. The zero-order valence-corrected chi connectivity index (χ0v) is 12.0. The average Bonchev–Trinajstić information content (AvgIpc) is 2.69. The number of nitrogens with zero attached hydrogens (tertiary/aromatic N) is 1. The fourth-order valence-corrected chi connectivity index (χ4v) is 3.28. The lowest BCUT2D eigenvalue weighted by Gasteiger charge is -2.33. The molecule has 0 aromatic heterocycles. The molecule has 1 heterocycles. The number of hydrogen-bond acceptors (Lipinski definition) is 3. The van der Waals surface area contributed by atoms with Gasteiger partial charge < -0.3 is 5.32 Å². The van der Waals surface area contributed by atoms with Crippen LogP contribution in [0.1, 0.15) is 37.3 Å². The molecule has 0 saturated carbocycles. The molecule has 0 radical (unpaired) electrons. The van der Waals surface area contributed by atoms with E-state index in [0.29, 0.717) is 6.42 Å². The van der Waals surface area contributed by atoms with Crippen molar-refractivity contribution in [3.63, 3.8) is 0 Å². The van der Waals surface area contributed by atoms with Gasteiger partial charge in [-0.3, -0.25) is 14.5 Å². The van der Waals surface area contributed by atoms with Crippen molar-refractivity contribution in [2.45, 2.75) is 38.1 Å². The molecule has 3 amide bonds. The van der Waals surface area contributed by atoms with E-state index in [1.54, 1.807) is 0 Å². The smallest absolute Gasteiger partial charge is 0.319 e. The number of ketones is 1. The fraction of sp³-hybridized carbons (Fsp3) is 0.438. The summed E-state index contributed by atoms with van der Waals surface area (Å²) in [7, 11) is 0. The minimum atomic E-state index is -0.928. The van der Waals surface area contributed by atoms with Crippen LogP contribution in [0, 0.1) is 0 Å². The van der Waals surface area contributed by atoms with Gasteiger partial charge in [-0.1, -0.05) is 24.3 Å². The molecule has 1 aliphatic heterocycles. The summed E-state index contributed by atoms with van der Waals surface area (Å²) in [5, 5.41) is 2.88. The third-order valence-electron chi connectivity index (χ3n) is 4.34. The second-order valence-electron chi connectivity index (χ2n) is 5.75. The van der Waals surface area contributed by atoms with Crippen molar-refractivity contribution in [1.82, 2.24) is 10.2 Å².